The standard InChI is InChI=1S/C13H25N5O2S/c1-11(2)7-5-3-4-6-8-17-21(19,20)12-9-15-13(18-14)16-10-12/h9-11,17H,3-8,14H2,1-2H3,(H,15,16,18). The van der Waals surface area contributed by atoms with Crippen molar-refractivity contribution in [1.82, 2.24) is 14.7 Å². The van der Waals surface area contributed by atoms with E-state index >= 15 is 0 Å². The molecule has 0 atom stereocenters. The SMILES string of the molecule is CC(C)CCCCCCNS(=O)(=O)c1cnc(NN)nc1. The molecule has 0 amide bonds. The van der Waals surface area contributed by atoms with Gasteiger partial charge in [-0.25, -0.2) is 29.0 Å². The number of nitrogen functional groups attached to an aromatic ring is 1. The number of nitrogens with zero attached hydrogens (tertiary/aromatic N) is 2. The molecule has 0 spiro atoms. The molecule has 0 bridgehead atoms. The van der Waals surface area contributed by atoms with E-state index in [0.29, 0.717) is 6.54 Å². The van der Waals surface area contributed by atoms with Gasteiger partial charge in [-0.3, -0.25) is 5.43 Å². The van der Waals surface area contributed by atoms with Crippen LogP contribution in [0.2, 0.25) is 0 Å². The average molecular weight is 315 g/mol. The largest absolute Gasteiger partial charge is 0.292 e. The van der Waals surface area contributed by atoms with Crippen LogP contribution in [0.1, 0.15) is 46.0 Å². The lowest BCUT2D eigenvalue weighted by Gasteiger charge is -2.07. The van der Waals surface area contributed by atoms with Crippen molar-refractivity contribution in [2.45, 2.75) is 50.8 Å². The van der Waals surface area contributed by atoms with Gasteiger partial charge in [-0.1, -0.05) is 39.5 Å². The molecule has 0 fully saturated rings. The predicted octanol–water partition coefficient (Wildman–Crippen LogP) is 1.65. The third-order valence-corrected chi connectivity index (χ3v) is 4.48. The van der Waals surface area contributed by atoms with E-state index in [-0.39, 0.29) is 10.8 Å². The van der Waals surface area contributed by atoms with E-state index < -0.39 is 10.0 Å². The lowest BCUT2D eigenvalue weighted by Crippen LogP contribution is -2.25. The maximum atomic E-state index is 12.0. The topological polar surface area (TPSA) is 110 Å². The van der Waals surface area contributed by atoms with Crippen LogP contribution in [0.5, 0.6) is 0 Å². The number of nitrogens with one attached hydrogen (secondary N) is 2. The monoisotopic (exact) mass is 315 g/mol. The normalized spacial score (nSPS) is 11.8. The molecular weight excluding hydrogens is 290 g/mol. The third-order valence-electron chi connectivity index (χ3n) is 3.07. The number of hydrazine groups is 1. The van der Waals surface area contributed by atoms with Gasteiger partial charge in [0.25, 0.3) is 0 Å². The van der Waals surface area contributed by atoms with Crippen LogP contribution in [-0.4, -0.2) is 24.9 Å². The molecule has 0 aliphatic rings. The molecular formula is C13H25N5O2S. The first-order valence-corrected chi connectivity index (χ1v) is 8.72. The molecule has 21 heavy (non-hydrogen) atoms. The van der Waals surface area contributed by atoms with Gasteiger partial charge >= 0.3 is 0 Å². The van der Waals surface area contributed by atoms with Gasteiger partial charge in [0, 0.05) is 6.54 Å². The van der Waals surface area contributed by atoms with Gasteiger partial charge in [0.05, 0.1) is 12.4 Å². The number of unbranched alkanes of at least 4 members (excludes halogenated alkanes) is 3. The summed E-state index contributed by atoms with van der Waals surface area (Å²) in [7, 11) is -3.54. The van der Waals surface area contributed by atoms with Crippen molar-refractivity contribution in [3.05, 3.63) is 12.4 Å². The van der Waals surface area contributed by atoms with Crippen LogP contribution >= 0.6 is 0 Å². The van der Waals surface area contributed by atoms with E-state index in [1.54, 1.807) is 0 Å². The molecule has 0 aliphatic heterocycles. The number of sulfonamides is 1. The first-order valence-electron chi connectivity index (χ1n) is 7.24. The van der Waals surface area contributed by atoms with E-state index in [1.807, 2.05) is 0 Å². The molecule has 0 aromatic carbocycles. The summed E-state index contributed by atoms with van der Waals surface area (Å²) in [6.07, 6.45) is 7.89. The maximum absolute atomic E-state index is 12.0. The smallest absolute Gasteiger partial charge is 0.243 e. The summed E-state index contributed by atoms with van der Waals surface area (Å²) >= 11 is 0. The van der Waals surface area contributed by atoms with Crippen molar-refractivity contribution in [2.75, 3.05) is 12.0 Å². The van der Waals surface area contributed by atoms with Crippen LogP contribution in [0, 0.1) is 5.92 Å². The zero-order valence-electron chi connectivity index (χ0n) is 12.7. The Balaban J connectivity index is 2.29. The van der Waals surface area contributed by atoms with Crippen molar-refractivity contribution >= 4 is 16.0 Å². The number of anilines is 1. The number of nitrogens with two attached hydrogens (primary N) is 1. The summed E-state index contributed by atoms with van der Waals surface area (Å²) in [6.45, 7) is 4.85. The lowest BCUT2D eigenvalue weighted by molar-refractivity contribution is 0.517. The summed E-state index contributed by atoms with van der Waals surface area (Å²) in [6, 6.07) is 0. The highest BCUT2D eigenvalue weighted by atomic mass is 32.2. The highest BCUT2D eigenvalue weighted by Gasteiger charge is 2.14. The fourth-order valence-electron chi connectivity index (χ4n) is 1.85. The van der Waals surface area contributed by atoms with Crippen molar-refractivity contribution in [2.24, 2.45) is 11.8 Å². The van der Waals surface area contributed by atoms with Crippen LogP contribution in [0.4, 0.5) is 5.95 Å². The predicted molar refractivity (Wildman–Crippen MR) is 83.0 cm³/mol. The second-order valence-electron chi connectivity index (χ2n) is 5.38. The minimum Gasteiger partial charge on any atom is -0.292 e. The molecule has 7 nitrogen and oxygen atoms in total. The molecule has 8 heteroatoms. The summed E-state index contributed by atoms with van der Waals surface area (Å²) < 4.78 is 26.5. The fourth-order valence-corrected chi connectivity index (χ4v) is 2.81. The molecule has 1 aromatic rings. The quantitative estimate of drug-likeness (QED) is 0.344. The molecule has 0 saturated carbocycles. The van der Waals surface area contributed by atoms with Gasteiger partial charge in [-0.05, 0) is 12.3 Å². The zero-order chi connectivity index (χ0) is 15.7. The van der Waals surface area contributed by atoms with E-state index in [9.17, 15) is 8.42 Å². The Labute approximate surface area is 126 Å². The molecule has 0 radical (unpaired) electrons. The molecule has 0 saturated heterocycles. The van der Waals surface area contributed by atoms with E-state index in [4.69, 9.17) is 5.84 Å². The molecule has 1 aromatic heterocycles. The summed E-state index contributed by atoms with van der Waals surface area (Å²) in [4.78, 5) is 7.61. The first kappa shape index (κ1) is 17.8. The number of hydrogen-bond donors (Lipinski definition) is 3. The second kappa shape index (κ2) is 8.91. The third kappa shape index (κ3) is 6.83. The highest BCUT2D eigenvalue weighted by molar-refractivity contribution is 7.89. The second-order valence-corrected chi connectivity index (χ2v) is 7.15. The molecule has 0 aliphatic carbocycles. The van der Waals surface area contributed by atoms with Gasteiger partial charge < -0.3 is 0 Å². The molecule has 120 valence electrons. The van der Waals surface area contributed by atoms with Crippen molar-refractivity contribution in [3.63, 3.8) is 0 Å². The van der Waals surface area contributed by atoms with Crippen LogP contribution in [0.25, 0.3) is 0 Å². The van der Waals surface area contributed by atoms with Gasteiger partial charge in [0.15, 0.2) is 0 Å². The van der Waals surface area contributed by atoms with Crippen molar-refractivity contribution in [1.29, 1.82) is 0 Å². The number of aromatic nitrogens is 2. The van der Waals surface area contributed by atoms with Crippen molar-refractivity contribution < 1.29 is 8.42 Å². The van der Waals surface area contributed by atoms with Crippen LogP contribution in [-0.2, 0) is 10.0 Å². The summed E-state index contributed by atoms with van der Waals surface area (Å²) in [5.41, 5.74) is 2.25. The van der Waals surface area contributed by atoms with Gasteiger partial charge in [0.2, 0.25) is 16.0 Å². The lowest BCUT2D eigenvalue weighted by atomic mass is 10.0. The fraction of sp³-hybridized carbons (Fsp3) is 0.692. The maximum Gasteiger partial charge on any atom is 0.243 e. The Morgan fingerprint density at radius 2 is 1.76 bits per heavy atom. The van der Waals surface area contributed by atoms with E-state index in [2.05, 4.69) is 34.0 Å². The van der Waals surface area contributed by atoms with Crippen LogP contribution in [0.3, 0.4) is 0 Å². The zero-order valence-corrected chi connectivity index (χ0v) is 13.5. The Morgan fingerprint density at radius 3 is 2.33 bits per heavy atom. The number of hydrogen-bond acceptors (Lipinski definition) is 6. The van der Waals surface area contributed by atoms with E-state index in [0.717, 1.165) is 25.2 Å². The summed E-state index contributed by atoms with van der Waals surface area (Å²) in [5.74, 6) is 6.04. The number of rotatable bonds is 10. The minimum absolute atomic E-state index is 0.0429. The summed E-state index contributed by atoms with van der Waals surface area (Å²) in [5, 5.41) is 0. The van der Waals surface area contributed by atoms with Crippen molar-refractivity contribution in [3.8, 4) is 0 Å². The van der Waals surface area contributed by atoms with Gasteiger partial charge in [-0.2, -0.15) is 0 Å². The minimum atomic E-state index is -3.54. The Kier molecular flexibility index (Phi) is 7.55. The molecule has 4 N–H and O–H groups in total. The Morgan fingerprint density at radius 1 is 1.14 bits per heavy atom. The van der Waals surface area contributed by atoms with Gasteiger partial charge in [0.1, 0.15) is 4.90 Å². The van der Waals surface area contributed by atoms with Crippen LogP contribution in [0.15, 0.2) is 17.3 Å². The molecule has 1 heterocycles. The molecule has 1 rings (SSSR count). The molecule has 0 unspecified atom stereocenters. The van der Waals surface area contributed by atoms with E-state index in [1.165, 1.54) is 25.2 Å². The van der Waals surface area contributed by atoms with Gasteiger partial charge in [-0.15, -0.1) is 0 Å². The average Bonchev–Trinajstić information content (AvgIpc) is 2.46. The Hall–Kier alpha value is -1.25. The Bertz CT molecular complexity index is 502. The highest BCUT2D eigenvalue weighted by Crippen LogP contribution is 2.10. The first-order chi connectivity index (χ1) is 9.95. The van der Waals surface area contributed by atoms with Crippen LogP contribution < -0.4 is 16.0 Å².